The predicted molar refractivity (Wildman–Crippen MR) is 251 cm³/mol. The molecule has 2 heterocycles. The summed E-state index contributed by atoms with van der Waals surface area (Å²) in [5.41, 5.74) is 15.6. The third kappa shape index (κ3) is 6.86. The first kappa shape index (κ1) is 35.9. The van der Waals surface area contributed by atoms with Gasteiger partial charge in [-0.3, -0.25) is 0 Å². The van der Waals surface area contributed by atoms with E-state index in [2.05, 4.69) is 188 Å². The van der Waals surface area contributed by atoms with Gasteiger partial charge >= 0.3 is 0 Å². The molecule has 0 bridgehead atoms. The molecule has 286 valence electrons. The van der Waals surface area contributed by atoms with Crippen LogP contribution in [0.25, 0.3) is 112 Å². The van der Waals surface area contributed by atoms with Gasteiger partial charge in [0.15, 0.2) is 17.5 Å². The van der Waals surface area contributed by atoms with Crippen LogP contribution in [0.3, 0.4) is 0 Å². The highest BCUT2D eigenvalue weighted by Crippen LogP contribution is 2.39. The monoisotopic (exact) mass is 779 g/mol. The average molecular weight is 780 g/mol. The van der Waals surface area contributed by atoms with Crippen molar-refractivity contribution in [3.8, 4) is 89.8 Å². The van der Waals surface area contributed by atoms with Crippen molar-refractivity contribution in [2.24, 2.45) is 0 Å². The standard InChI is InChI=1S/C57H37N3O/c1-3-16-40(17-4-1)46-24-7-9-27-51(46)56-58-55(59-57(60-56)52-28-10-8-25-47(52)41-18-5-2-6-19-41)45-23-14-21-43(37-45)39-34-32-38(33-35-39)42-20-13-22-44(36-42)48-29-15-30-50-49-26-11-12-31-53(49)61-54(48)50/h1-37H. The highest BCUT2D eigenvalue weighted by Gasteiger charge is 2.18. The molecule has 11 aromatic rings. The fourth-order valence-corrected chi connectivity index (χ4v) is 8.37. The van der Waals surface area contributed by atoms with Gasteiger partial charge in [-0.2, -0.15) is 0 Å². The van der Waals surface area contributed by atoms with Gasteiger partial charge in [0.2, 0.25) is 0 Å². The van der Waals surface area contributed by atoms with Crippen LogP contribution in [0.5, 0.6) is 0 Å². The molecule has 0 aliphatic carbocycles. The van der Waals surface area contributed by atoms with Crippen molar-refractivity contribution >= 4 is 21.9 Å². The molecule has 4 heteroatoms. The van der Waals surface area contributed by atoms with Crippen molar-refractivity contribution in [2.45, 2.75) is 0 Å². The lowest BCUT2D eigenvalue weighted by atomic mass is 9.96. The second kappa shape index (κ2) is 15.5. The summed E-state index contributed by atoms with van der Waals surface area (Å²) in [6.45, 7) is 0. The number of furan rings is 1. The quantitative estimate of drug-likeness (QED) is 0.154. The Morgan fingerprint density at radius 2 is 0.656 bits per heavy atom. The Bertz CT molecular complexity index is 3250. The molecule has 0 spiro atoms. The second-order valence-corrected chi connectivity index (χ2v) is 15.1. The Morgan fingerprint density at radius 1 is 0.246 bits per heavy atom. The lowest BCUT2D eigenvalue weighted by Gasteiger charge is -2.14. The maximum atomic E-state index is 6.38. The molecular weight excluding hydrogens is 743 g/mol. The molecule has 0 saturated heterocycles. The largest absolute Gasteiger partial charge is 0.455 e. The molecule has 0 aliphatic heterocycles. The maximum absolute atomic E-state index is 6.38. The van der Waals surface area contributed by atoms with E-state index in [9.17, 15) is 0 Å². The van der Waals surface area contributed by atoms with Gasteiger partial charge in [0.05, 0.1) is 0 Å². The van der Waals surface area contributed by atoms with Crippen LogP contribution in [-0.2, 0) is 0 Å². The SMILES string of the molecule is c1ccc(-c2ccccc2-c2nc(-c3cccc(-c4ccc(-c5cccc(-c6cccc7c6oc6ccccc67)c5)cc4)c3)nc(-c3ccccc3-c3ccccc3)n2)cc1. The number of benzene rings is 9. The van der Waals surface area contributed by atoms with Crippen LogP contribution in [0.4, 0.5) is 0 Å². The summed E-state index contributed by atoms with van der Waals surface area (Å²) in [4.78, 5) is 15.6. The molecule has 61 heavy (non-hydrogen) atoms. The topological polar surface area (TPSA) is 51.8 Å². The van der Waals surface area contributed by atoms with E-state index in [0.717, 1.165) is 94.3 Å². The molecule has 11 rings (SSSR count). The van der Waals surface area contributed by atoms with Crippen LogP contribution in [0.1, 0.15) is 0 Å². The minimum atomic E-state index is 0.612. The summed E-state index contributed by atoms with van der Waals surface area (Å²) in [7, 11) is 0. The first-order chi connectivity index (χ1) is 30.2. The Hall–Kier alpha value is -8.21. The molecule has 0 amide bonds. The maximum Gasteiger partial charge on any atom is 0.164 e. The van der Waals surface area contributed by atoms with E-state index in [1.54, 1.807) is 0 Å². The summed E-state index contributed by atoms with van der Waals surface area (Å²) >= 11 is 0. The van der Waals surface area contributed by atoms with Crippen molar-refractivity contribution in [3.05, 3.63) is 224 Å². The fraction of sp³-hybridized carbons (Fsp3) is 0. The van der Waals surface area contributed by atoms with E-state index in [1.165, 1.54) is 0 Å². The van der Waals surface area contributed by atoms with E-state index in [4.69, 9.17) is 19.4 Å². The molecule has 9 aromatic carbocycles. The summed E-state index contributed by atoms with van der Waals surface area (Å²) in [6.07, 6.45) is 0. The summed E-state index contributed by atoms with van der Waals surface area (Å²) in [6, 6.07) is 78.1. The number of fused-ring (bicyclic) bond motifs is 3. The van der Waals surface area contributed by atoms with Gasteiger partial charge in [-0.1, -0.05) is 206 Å². The van der Waals surface area contributed by atoms with Crippen molar-refractivity contribution in [1.82, 2.24) is 15.0 Å². The first-order valence-corrected chi connectivity index (χ1v) is 20.5. The third-order valence-corrected chi connectivity index (χ3v) is 11.4. The Balaban J connectivity index is 0.972. The molecule has 0 aliphatic rings. The van der Waals surface area contributed by atoms with Gasteiger partial charge in [0, 0.05) is 33.0 Å². The van der Waals surface area contributed by atoms with Crippen LogP contribution >= 0.6 is 0 Å². The minimum absolute atomic E-state index is 0.612. The van der Waals surface area contributed by atoms with Gasteiger partial charge in [-0.25, -0.2) is 15.0 Å². The predicted octanol–water partition coefficient (Wildman–Crippen LogP) is 15.1. The van der Waals surface area contributed by atoms with E-state index >= 15 is 0 Å². The highest BCUT2D eigenvalue weighted by molar-refractivity contribution is 6.09. The molecule has 0 fully saturated rings. The Morgan fingerprint density at radius 3 is 1.26 bits per heavy atom. The minimum Gasteiger partial charge on any atom is -0.455 e. The lowest BCUT2D eigenvalue weighted by Crippen LogP contribution is -2.02. The van der Waals surface area contributed by atoms with E-state index in [0.29, 0.717) is 17.5 Å². The zero-order chi connectivity index (χ0) is 40.5. The van der Waals surface area contributed by atoms with Crippen LogP contribution in [0.15, 0.2) is 229 Å². The molecule has 0 radical (unpaired) electrons. The van der Waals surface area contributed by atoms with Crippen LogP contribution in [0.2, 0.25) is 0 Å². The molecular formula is C57H37N3O. The zero-order valence-corrected chi connectivity index (χ0v) is 33.1. The molecule has 0 atom stereocenters. The number of hydrogen-bond acceptors (Lipinski definition) is 4. The fourth-order valence-electron chi connectivity index (χ4n) is 8.37. The molecule has 0 unspecified atom stereocenters. The van der Waals surface area contributed by atoms with Gasteiger partial charge in [-0.15, -0.1) is 0 Å². The Kier molecular flexibility index (Phi) is 9.14. The van der Waals surface area contributed by atoms with Crippen molar-refractivity contribution < 1.29 is 4.42 Å². The molecule has 0 saturated carbocycles. The van der Waals surface area contributed by atoms with Crippen molar-refractivity contribution in [2.75, 3.05) is 0 Å². The summed E-state index contributed by atoms with van der Waals surface area (Å²) in [5.74, 6) is 1.85. The van der Waals surface area contributed by atoms with E-state index < -0.39 is 0 Å². The number of hydrogen-bond donors (Lipinski definition) is 0. The molecule has 4 nitrogen and oxygen atoms in total. The smallest absolute Gasteiger partial charge is 0.164 e. The van der Waals surface area contributed by atoms with E-state index in [1.807, 2.05) is 36.4 Å². The number of nitrogens with zero attached hydrogens (tertiary/aromatic N) is 3. The molecule has 0 N–H and O–H groups in total. The van der Waals surface area contributed by atoms with Gasteiger partial charge in [0.25, 0.3) is 0 Å². The first-order valence-electron chi connectivity index (χ1n) is 20.5. The average Bonchev–Trinajstić information content (AvgIpc) is 3.74. The number of para-hydroxylation sites is 2. The van der Waals surface area contributed by atoms with Gasteiger partial charge in [-0.05, 0) is 68.3 Å². The van der Waals surface area contributed by atoms with Crippen LogP contribution in [-0.4, -0.2) is 15.0 Å². The third-order valence-electron chi connectivity index (χ3n) is 11.4. The Labute approximate surface area is 354 Å². The summed E-state index contributed by atoms with van der Waals surface area (Å²) in [5, 5.41) is 2.26. The van der Waals surface area contributed by atoms with Gasteiger partial charge in [0.1, 0.15) is 11.2 Å². The highest BCUT2D eigenvalue weighted by atomic mass is 16.3. The number of aromatic nitrogens is 3. The summed E-state index contributed by atoms with van der Waals surface area (Å²) < 4.78 is 6.38. The van der Waals surface area contributed by atoms with Crippen molar-refractivity contribution in [1.29, 1.82) is 0 Å². The zero-order valence-electron chi connectivity index (χ0n) is 33.1. The second-order valence-electron chi connectivity index (χ2n) is 15.1. The van der Waals surface area contributed by atoms with Crippen LogP contribution < -0.4 is 0 Å². The van der Waals surface area contributed by atoms with Gasteiger partial charge < -0.3 is 4.42 Å². The normalized spacial score (nSPS) is 11.3. The van der Waals surface area contributed by atoms with Crippen LogP contribution in [0, 0.1) is 0 Å². The van der Waals surface area contributed by atoms with E-state index in [-0.39, 0.29) is 0 Å². The number of rotatable bonds is 8. The lowest BCUT2D eigenvalue weighted by molar-refractivity contribution is 0.670. The molecule has 2 aromatic heterocycles. The van der Waals surface area contributed by atoms with Crippen molar-refractivity contribution in [3.63, 3.8) is 0 Å².